The quantitative estimate of drug-likeness (QED) is 0.297. The number of benzene rings is 2. The summed E-state index contributed by atoms with van der Waals surface area (Å²) in [4.78, 5) is 41.0. The van der Waals surface area contributed by atoms with Gasteiger partial charge in [-0.05, 0) is 29.5 Å². The number of H-pyrrole nitrogens is 1. The van der Waals surface area contributed by atoms with Crippen LogP contribution in [0.15, 0.2) is 60.8 Å². The fourth-order valence-electron chi connectivity index (χ4n) is 3.95. The van der Waals surface area contributed by atoms with Crippen molar-refractivity contribution in [2.45, 2.75) is 51.2 Å². The first-order valence-electron chi connectivity index (χ1n) is 11.4. The molecule has 0 aliphatic carbocycles. The van der Waals surface area contributed by atoms with E-state index in [1.54, 1.807) is 18.3 Å². The third kappa shape index (κ3) is 6.68. The van der Waals surface area contributed by atoms with E-state index in [4.69, 9.17) is 5.73 Å². The maximum absolute atomic E-state index is 13.3. The van der Waals surface area contributed by atoms with Crippen molar-refractivity contribution in [1.29, 1.82) is 0 Å². The molecule has 1 heterocycles. The van der Waals surface area contributed by atoms with E-state index in [-0.39, 0.29) is 18.8 Å². The van der Waals surface area contributed by atoms with Crippen LogP contribution in [0, 0.1) is 5.92 Å². The van der Waals surface area contributed by atoms with Crippen molar-refractivity contribution < 1.29 is 19.5 Å². The van der Waals surface area contributed by atoms with Crippen molar-refractivity contribution in [1.82, 2.24) is 15.6 Å². The molecule has 1 aromatic heterocycles. The molecule has 0 bridgehead atoms. The number of para-hydroxylation sites is 1. The van der Waals surface area contributed by atoms with E-state index in [9.17, 15) is 19.5 Å². The number of carbonyl (C=O) groups excluding carboxylic acids is 2. The van der Waals surface area contributed by atoms with Crippen LogP contribution in [0.25, 0.3) is 10.9 Å². The van der Waals surface area contributed by atoms with Gasteiger partial charge in [-0.25, -0.2) is 4.79 Å². The number of hydrogen-bond acceptors (Lipinski definition) is 4. The lowest BCUT2D eigenvalue weighted by Gasteiger charge is -2.23. The SMILES string of the molecule is CC(C)C[C@H](N)C(=O)N[C@@H](Cc1c[nH]c2ccccc12)C(=O)N[C@@H](Cc1ccccc1)C(=O)O. The molecule has 3 aromatic rings. The van der Waals surface area contributed by atoms with E-state index in [1.807, 2.05) is 56.3 Å². The van der Waals surface area contributed by atoms with Gasteiger partial charge in [0.2, 0.25) is 11.8 Å². The van der Waals surface area contributed by atoms with Crippen LogP contribution in [0.4, 0.5) is 0 Å². The molecule has 3 rings (SSSR count). The first kappa shape index (κ1) is 25.0. The Morgan fingerprint density at radius 2 is 1.56 bits per heavy atom. The van der Waals surface area contributed by atoms with Gasteiger partial charge in [-0.15, -0.1) is 0 Å². The Bertz CT molecular complexity index is 1130. The van der Waals surface area contributed by atoms with Crippen molar-refractivity contribution >= 4 is 28.7 Å². The summed E-state index contributed by atoms with van der Waals surface area (Å²) in [5.74, 6) is -1.95. The molecule has 0 unspecified atom stereocenters. The summed E-state index contributed by atoms with van der Waals surface area (Å²) in [5.41, 5.74) is 8.57. The summed E-state index contributed by atoms with van der Waals surface area (Å²) in [6, 6.07) is 13.8. The molecule has 6 N–H and O–H groups in total. The smallest absolute Gasteiger partial charge is 0.326 e. The molecule has 2 amide bonds. The summed E-state index contributed by atoms with van der Waals surface area (Å²) in [5, 5.41) is 16.0. The van der Waals surface area contributed by atoms with Crippen LogP contribution in [0.2, 0.25) is 0 Å². The molecule has 0 saturated carbocycles. The van der Waals surface area contributed by atoms with Gasteiger partial charge in [0.1, 0.15) is 12.1 Å². The predicted molar refractivity (Wildman–Crippen MR) is 131 cm³/mol. The number of nitrogens with two attached hydrogens (primary N) is 1. The van der Waals surface area contributed by atoms with Gasteiger partial charge in [0.25, 0.3) is 0 Å². The molecule has 0 spiro atoms. The van der Waals surface area contributed by atoms with E-state index in [2.05, 4.69) is 15.6 Å². The highest BCUT2D eigenvalue weighted by Crippen LogP contribution is 2.19. The monoisotopic (exact) mass is 464 g/mol. The van der Waals surface area contributed by atoms with E-state index >= 15 is 0 Å². The second-order valence-corrected chi connectivity index (χ2v) is 8.95. The van der Waals surface area contributed by atoms with Crippen molar-refractivity contribution in [3.05, 3.63) is 71.9 Å². The minimum absolute atomic E-state index is 0.128. The Morgan fingerprint density at radius 3 is 2.24 bits per heavy atom. The normalized spacial score (nSPS) is 13.9. The summed E-state index contributed by atoms with van der Waals surface area (Å²) in [7, 11) is 0. The lowest BCUT2D eigenvalue weighted by Crippen LogP contribution is -2.55. The van der Waals surface area contributed by atoms with Gasteiger partial charge < -0.3 is 26.5 Å². The molecule has 0 aliphatic rings. The number of amides is 2. The maximum Gasteiger partial charge on any atom is 0.326 e. The number of nitrogens with one attached hydrogen (secondary N) is 3. The largest absolute Gasteiger partial charge is 0.480 e. The molecular weight excluding hydrogens is 432 g/mol. The Labute approximate surface area is 198 Å². The van der Waals surface area contributed by atoms with Crippen LogP contribution in [0.5, 0.6) is 0 Å². The summed E-state index contributed by atoms with van der Waals surface area (Å²) in [6.07, 6.45) is 2.58. The van der Waals surface area contributed by atoms with Gasteiger partial charge >= 0.3 is 5.97 Å². The topological polar surface area (TPSA) is 137 Å². The number of aromatic nitrogens is 1. The zero-order chi connectivity index (χ0) is 24.7. The van der Waals surface area contributed by atoms with Crippen molar-refractivity contribution in [2.24, 2.45) is 11.7 Å². The first-order chi connectivity index (χ1) is 16.2. The van der Waals surface area contributed by atoms with E-state index < -0.39 is 35.9 Å². The average molecular weight is 465 g/mol. The molecule has 8 nitrogen and oxygen atoms in total. The highest BCUT2D eigenvalue weighted by molar-refractivity contribution is 5.93. The van der Waals surface area contributed by atoms with E-state index in [0.29, 0.717) is 6.42 Å². The van der Waals surface area contributed by atoms with Crippen molar-refractivity contribution in [3.63, 3.8) is 0 Å². The fourth-order valence-corrected chi connectivity index (χ4v) is 3.95. The number of aliphatic carboxylic acids is 1. The van der Waals surface area contributed by atoms with Gasteiger partial charge in [0.15, 0.2) is 0 Å². The molecule has 0 saturated heterocycles. The highest BCUT2D eigenvalue weighted by Gasteiger charge is 2.29. The van der Waals surface area contributed by atoms with E-state index in [0.717, 1.165) is 22.0 Å². The molecule has 0 aliphatic heterocycles. The standard InChI is InChI=1S/C26H32N4O4/c1-16(2)12-20(27)24(31)29-22(14-18-15-28-21-11-7-6-10-19(18)21)25(32)30-23(26(33)34)13-17-8-4-3-5-9-17/h3-11,15-16,20,22-23,28H,12-14,27H2,1-2H3,(H,29,31)(H,30,32)(H,33,34)/t20-,22-,23-/m0/s1. The van der Waals surface area contributed by atoms with Gasteiger partial charge in [0, 0.05) is 29.9 Å². The van der Waals surface area contributed by atoms with Crippen molar-refractivity contribution in [3.8, 4) is 0 Å². The highest BCUT2D eigenvalue weighted by atomic mass is 16.4. The summed E-state index contributed by atoms with van der Waals surface area (Å²) >= 11 is 0. The number of carboxylic acid groups (broad SMARTS) is 1. The maximum atomic E-state index is 13.3. The molecule has 0 radical (unpaired) electrons. The Kier molecular flexibility index (Phi) is 8.43. The minimum atomic E-state index is -1.15. The van der Waals surface area contributed by atoms with Crippen LogP contribution in [0.3, 0.4) is 0 Å². The third-order valence-corrected chi connectivity index (χ3v) is 5.69. The second kappa shape index (κ2) is 11.5. The predicted octanol–water partition coefficient (Wildman–Crippen LogP) is 2.38. The molecule has 3 atom stereocenters. The third-order valence-electron chi connectivity index (χ3n) is 5.69. The number of hydrogen-bond donors (Lipinski definition) is 5. The van der Waals surface area contributed by atoms with Crippen LogP contribution in [-0.4, -0.2) is 46.0 Å². The molecule has 8 heteroatoms. The second-order valence-electron chi connectivity index (χ2n) is 8.95. The molecule has 2 aromatic carbocycles. The van der Waals surface area contributed by atoms with Crippen LogP contribution < -0.4 is 16.4 Å². The number of aromatic amines is 1. The average Bonchev–Trinajstić information content (AvgIpc) is 3.21. The molecule has 34 heavy (non-hydrogen) atoms. The molecule has 0 fully saturated rings. The lowest BCUT2D eigenvalue weighted by molar-refractivity contribution is -0.142. The fraction of sp³-hybridized carbons (Fsp3) is 0.346. The zero-order valence-corrected chi connectivity index (χ0v) is 19.5. The van der Waals surface area contributed by atoms with Gasteiger partial charge in [0.05, 0.1) is 6.04 Å². The number of rotatable bonds is 11. The Balaban J connectivity index is 1.81. The number of fused-ring (bicyclic) bond motifs is 1. The van der Waals surface area contributed by atoms with Crippen molar-refractivity contribution in [2.75, 3.05) is 0 Å². The van der Waals surface area contributed by atoms with Crippen LogP contribution in [0.1, 0.15) is 31.4 Å². The van der Waals surface area contributed by atoms with Gasteiger partial charge in [-0.1, -0.05) is 62.4 Å². The van der Waals surface area contributed by atoms with Gasteiger partial charge in [-0.3, -0.25) is 9.59 Å². The van der Waals surface area contributed by atoms with Crippen LogP contribution >= 0.6 is 0 Å². The zero-order valence-electron chi connectivity index (χ0n) is 19.5. The summed E-state index contributed by atoms with van der Waals surface area (Å²) in [6.45, 7) is 3.93. The first-order valence-corrected chi connectivity index (χ1v) is 11.4. The van der Waals surface area contributed by atoms with E-state index in [1.165, 1.54) is 0 Å². The minimum Gasteiger partial charge on any atom is -0.480 e. The summed E-state index contributed by atoms with van der Waals surface area (Å²) < 4.78 is 0. The molecule has 180 valence electrons. The van der Waals surface area contributed by atoms with Gasteiger partial charge in [-0.2, -0.15) is 0 Å². The number of carbonyl (C=O) groups is 3. The van der Waals surface area contributed by atoms with Crippen LogP contribution in [-0.2, 0) is 27.2 Å². The molecular formula is C26H32N4O4. The Morgan fingerprint density at radius 1 is 0.912 bits per heavy atom. The lowest BCUT2D eigenvalue weighted by atomic mass is 10.0. The Hall–Kier alpha value is -3.65. The number of carboxylic acids is 1.